The summed E-state index contributed by atoms with van der Waals surface area (Å²) in [4.78, 5) is 30.9. The van der Waals surface area contributed by atoms with Gasteiger partial charge in [-0.2, -0.15) is 5.10 Å². The molecule has 0 bridgehead atoms. The molecular formula is C23H29N5O3. The first-order chi connectivity index (χ1) is 15.0. The van der Waals surface area contributed by atoms with E-state index in [2.05, 4.69) is 10.4 Å². The van der Waals surface area contributed by atoms with Gasteiger partial charge in [0, 0.05) is 42.3 Å². The molecule has 8 nitrogen and oxygen atoms in total. The lowest BCUT2D eigenvalue weighted by Gasteiger charge is -2.31. The number of nitrogens with one attached hydrogen (secondary N) is 1. The molecule has 0 saturated carbocycles. The van der Waals surface area contributed by atoms with Crippen LogP contribution in [0.4, 0.5) is 4.79 Å². The zero-order valence-corrected chi connectivity index (χ0v) is 18.4. The third-order valence-electron chi connectivity index (χ3n) is 6.01. The molecule has 3 aromatic rings. The van der Waals surface area contributed by atoms with E-state index in [0.29, 0.717) is 32.5 Å². The number of aryl methyl sites for hydroxylation is 2. The predicted molar refractivity (Wildman–Crippen MR) is 118 cm³/mol. The highest BCUT2D eigenvalue weighted by atomic mass is 16.6. The van der Waals surface area contributed by atoms with Gasteiger partial charge in [-0.05, 0) is 57.7 Å². The number of likely N-dealkylation sites (tertiary alicyclic amines) is 1. The smallest absolute Gasteiger partial charge is 0.409 e. The van der Waals surface area contributed by atoms with Crippen LogP contribution in [0, 0.1) is 13.8 Å². The molecule has 1 aliphatic heterocycles. The molecule has 0 radical (unpaired) electrons. The number of fused-ring (bicyclic) bond motifs is 3. The van der Waals surface area contributed by atoms with Gasteiger partial charge in [-0.3, -0.25) is 4.79 Å². The molecule has 0 aliphatic carbocycles. The van der Waals surface area contributed by atoms with Crippen molar-refractivity contribution in [2.24, 2.45) is 0 Å². The molecule has 31 heavy (non-hydrogen) atoms. The zero-order valence-electron chi connectivity index (χ0n) is 18.4. The highest BCUT2D eigenvalue weighted by Crippen LogP contribution is 2.23. The van der Waals surface area contributed by atoms with Gasteiger partial charge < -0.3 is 15.0 Å². The Hall–Kier alpha value is -3.16. The van der Waals surface area contributed by atoms with Crippen molar-refractivity contribution in [1.82, 2.24) is 24.8 Å². The van der Waals surface area contributed by atoms with E-state index in [-0.39, 0.29) is 18.0 Å². The van der Waals surface area contributed by atoms with E-state index in [0.717, 1.165) is 46.3 Å². The van der Waals surface area contributed by atoms with Crippen LogP contribution in [0.15, 0.2) is 24.3 Å². The molecule has 2 amide bonds. The summed E-state index contributed by atoms with van der Waals surface area (Å²) in [7, 11) is 0. The van der Waals surface area contributed by atoms with Crippen LogP contribution in [-0.4, -0.2) is 57.2 Å². The fourth-order valence-corrected chi connectivity index (χ4v) is 4.30. The molecule has 1 aliphatic rings. The van der Waals surface area contributed by atoms with Crippen molar-refractivity contribution < 1.29 is 14.3 Å². The Morgan fingerprint density at radius 2 is 1.94 bits per heavy atom. The van der Waals surface area contributed by atoms with Crippen LogP contribution in [0.1, 0.15) is 43.1 Å². The van der Waals surface area contributed by atoms with Crippen LogP contribution in [0.25, 0.3) is 16.6 Å². The number of amides is 2. The fourth-order valence-electron chi connectivity index (χ4n) is 4.30. The number of rotatable bonds is 5. The van der Waals surface area contributed by atoms with Crippen molar-refractivity contribution in [2.45, 2.75) is 52.5 Å². The summed E-state index contributed by atoms with van der Waals surface area (Å²) >= 11 is 0. The molecule has 1 N–H and O–H groups in total. The molecule has 1 fully saturated rings. The van der Waals surface area contributed by atoms with E-state index in [1.807, 2.05) is 42.6 Å². The van der Waals surface area contributed by atoms with Crippen LogP contribution in [-0.2, 0) is 16.0 Å². The summed E-state index contributed by atoms with van der Waals surface area (Å²) in [5, 5.41) is 8.83. The van der Waals surface area contributed by atoms with Crippen LogP contribution in [0.3, 0.4) is 0 Å². The van der Waals surface area contributed by atoms with Gasteiger partial charge in [0.25, 0.3) is 0 Å². The number of ether oxygens (including phenoxy) is 1. The van der Waals surface area contributed by atoms with Gasteiger partial charge in [-0.1, -0.05) is 12.1 Å². The quantitative estimate of drug-likeness (QED) is 0.681. The summed E-state index contributed by atoms with van der Waals surface area (Å²) in [6, 6.07) is 8.08. The Morgan fingerprint density at radius 1 is 1.19 bits per heavy atom. The Balaban J connectivity index is 1.37. The normalized spacial score (nSPS) is 14.9. The minimum atomic E-state index is -0.271. The molecule has 164 valence electrons. The van der Waals surface area contributed by atoms with Crippen molar-refractivity contribution >= 4 is 28.6 Å². The second-order valence-corrected chi connectivity index (χ2v) is 8.04. The standard InChI is InChI=1S/C23H29N5O3/c1-4-31-23(30)27-13-11-17(12-14-27)25-21(29)10-9-18-15(2)24-22-19-7-5-6-8-20(19)26-28(22)16(18)3/h5-8,17H,4,9-14H2,1-3H3,(H,25,29). The molecule has 1 saturated heterocycles. The molecule has 4 rings (SSSR count). The van der Waals surface area contributed by atoms with Gasteiger partial charge in [-0.15, -0.1) is 0 Å². The molecule has 0 unspecified atom stereocenters. The average molecular weight is 424 g/mol. The number of nitrogens with zero attached hydrogens (tertiary/aromatic N) is 4. The SMILES string of the molecule is CCOC(=O)N1CCC(NC(=O)CCc2c(C)nc3c4ccccc4nn3c2C)CC1. The van der Waals surface area contributed by atoms with Crippen molar-refractivity contribution in [3.63, 3.8) is 0 Å². The third-order valence-corrected chi connectivity index (χ3v) is 6.01. The van der Waals surface area contributed by atoms with Gasteiger partial charge in [0.2, 0.25) is 5.91 Å². The van der Waals surface area contributed by atoms with Crippen molar-refractivity contribution in [2.75, 3.05) is 19.7 Å². The summed E-state index contributed by atoms with van der Waals surface area (Å²) in [5.41, 5.74) is 4.79. The van der Waals surface area contributed by atoms with Gasteiger partial charge in [-0.25, -0.2) is 14.3 Å². The maximum atomic E-state index is 12.6. The Kier molecular flexibility index (Phi) is 6.06. The predicted octanol–water partition coefficient (Wildman–Crippen LogP) is 3.17. The van der Waals surface area contributed by atoms with Crippen molar-refractivity contribution in [1.29, 1.82) is 0 Å². The summed E-state index contributed by atoms with van der Waals surface area (Å²) in [6.45, 7) is 7.42. The zero-order chi connectivity index (χ0) is 22.0. The lowest BCUT2D eigenvalue weighted by molar-refractivity contribution is -0.122. The first kappa shape index (κ1) is 21.1. The number of piperidine rings is 1. The fraction of sp³-hybridized carbons (Fsp3) is 0.478. The van der Waals surface area contributed by atoms with Gasteiger partial charge >= 0.3 is 6.09 Å². The van der Waals surface area contributed by atoms with E-state index in [1.54, 1.807) is 11.8 Å². The maximum absolute atomic E-state index is 12.6. The Morgan fingerprint density at radius 3 is 2.68 bits per heavy atom. The second-order valence-electron chi connectivity index (χ2n) is 8.04. The lowest BCUT2D eigenvalue weighted by Crippen LogP contribution is -2.46. The number of aromatic nitrogens is 3. The first-order valence-electron chi connectivity index (χ1n) is 10.9. The molecule has 0 spiro atoms. The lowest BCUT2D eigenvalue weighted by atomic mass is 10.0. The summed E-state index contributed by atoms with van der Waals surface area (Å²) in [5.74, 6) is 0.0270. The Labute approximate surface area is 181 Å². The van der Waals surface area contributed by atoms with E-state index in [9.17, 15) is 9.59 Å². The van der Waals surface area contributed by atoms with Gasteiger partial charge in [0.1, 0.15) is 0 Å². The minimum Gasteiger partial charge on any atom is -0.450 e. The Bertz CT molecular complexity index is 1120. The molecule has 0 atom stereocenters. The average Bonchev–Trinajstić information content (AvgIpc) is 3.13. The first-order valence-corrected chi connectivity index (χ1v) is 10.9. The van der Waals surface area contributed by atoms with Gasteiger partial charge in [0.15, 0.2) is 5.65 Å². The number of benzene rings is 1. The number of carbonyl (C=O) groups excluding carboxylic acids is 2. The topological polar surface area (TPSA) is 88.8 Å². The third kappa shape index (κ3) is 4.33. The number of hydrogen-bond donors (Lipinski definition) is 1. The van der Waals surface area contributed by atoms with Crippen LogP contribution in [0.5, 0.6) is 0 Å². The largest absolute Gasteiger partial charge is 0.450 e. The number of carbonyl (C=O) groups is 2. The van der Waals surface area contributed by atoms with E-state index in [4.69, 9.17) is 9.72 Å². The highest BCUT2D eigenvalue weighted by Gasteiger charge is 2.24. The highest BCUT2D eigenvalue weighted by molar-refractivity contribution is 5.92. The van der Waals surface area contributed by atoms with Gasteiger partial charge in [0.05, 0.1) is 12.1 Å². The summed E-state index contributed by atoms with van der Waals surface area (Å²) < 4.78 is 6.93. The van der Waals surface area contributed by atoms with Crippen LogP contribution < -0.4 is 5.32 Å². The van der Waals surface area contributed by atoms with E-state index < -0.39 is 0 Å². The van der Waals surface area contributed by atoms with E-state index in [1.165, 1.54) is 0 Å². The minimum absolute atomic E-state index is 0.0270. The van der Waals surface area contributed by atoms with Crippen molar-refractivity contribution in [3.05, 3.63) is 41.2 Å². The van der Waals surface area contributed by atoms with Crippen molar-refractivity contribution in [3.8, 4) is 0 Å². The molecule has 3 heterocycles. The monoisotopic (exact) mass is 423 g/mol. The molecular weight excluding hydrogens is 394 g/mol. The molecule has 2 aromatic heterocycles. The number of hydrogen-bond acceptors (Lipinski definition) is 5. The van der Waals surface area contributed by atoms with Crippen LogP contribution >= 0.6 is 0 Å². The summed E-state index contributed by atoms with van der Waals surface area (Å²) in [6.07, 6.45) is 2.23. The molecule has 1 aromatic carbocycles. The maximum Gasteiger partial charge on any atom is 0.409 e. The van der Waals surface area contributed by atoms with Crippen LogP contribution in [0.2, 0.25) is 0 Å². The second kappa shape index (κ2) is 8.91. The van der Waals surface area contributed by atoms with E-state index >= 15 is 0 Å². The molecule has 8 heteroatoms.